The SMILES string of the molecule is CC(=O)C(COP(=O)(O)O)NC(=O)c1ccc(-c2c3ccc(=N)c(S(=O)(=O)O)c-3oc3c(S(=O)(=O)O)c(N)ccc23)c(C(=O)O)c1. The molecule has 0 fully saturated rings. The number of carbonyl (C=O) groups is 3. The number of phosphoric acid groups is 1. The zero-order valence-electron chi connectivity index (χ0n) is 23.0. The van der Waals surface area contributed by atoms with Crippen molar-refractivity contribution in [3.63, 3.8) is 0 Å². The van der Waals surface area contributed by atoms with Crippen LogP contribution in [0.1, 0.15) is 27.6 Å². The molecule has 21 heteroatoms. The van der Waals surface area contributed by atoms with Crippen LogP contribution in [0.2, 0.25) is 0 Å². The Morgan fingerprint density at radius 2 is 1.61 bits per heavy atom. The van der Waals surface area contributed by atoms with Crippen LogP contribution in [-0.4, -0.2) is 71.1 Å². The number of nitrogens with two attached hydrogens (primary N) is 1. The van der Waals surface area contributed by atoms with E-state index in [9.17, 15) is 50.0 Å². The van der Waals surface area contributed by atoms with Gasteiger partial charge in [-0.2, -0.15) is 16.8 Å². The van der Waals surface area contributed by atoms with Crippen LogP contribution in [-0.2, 0) is 34.1 Å². The van der Waals surface area contributed by atoms with Crippen LogP contribution in [0.5, 0.6) is 0 Å². The number of anilines is 1. The predicted octanol–water partition coefficient (Wildman–Crippen LogP) is 1.25. The van der Waals surface area contributed by atoms with E-state index in [1.807, 2.05) is 0 Å². The second-order valence-electron chi connectivity index (χ2n) is 9.60. The molecule has 0 spiro atoms. The molecule has 2 aromatic carbocycles. The maximum Gasteiger partial charge on any atom is 0.469 e. The zero-order valence-corrected chi connectivity index (χ0v) is 25.5. The lowest BCUT2D eigenvalue weighted by Crippen LogP contribution is -2.42. The largest absolute Gasteiger partial charge is 0.478 e. The molecule has 1 atom stereocenters. The first-order valence-corrected chi connectivity index (χ1v) is 16.7. The molecule has 1 heterocycles. The Morgan fingerprint density at radius 3 is 2.15 bits per heavy atom. The first-order chi connectivity index (χ1) is 21.1. The number of benzene rings is 3. The average molecular weight is 700 g/mol. The second kappa shape index (κ2) is 12.0. The molecule has 1 aliphatic carbocycles. The number of rotatable bonds is 10. The van der Waals surface area contributed by atoms with Gasteiger partial charge in [-0.05, 0) is 48.9 Å². The fourth-order valence-corrected chi connectivity index (χ4v) is 6.38. The van der Waals surface area contributed by atoms with E-state index >= 15 is 0 Å². The summed E-state index contributed by atoms with van der Waals surface area (Å²) in [6, 6.07) is 5.65. The molecule has 2 aromatic rings. The highest BCUT2D eigenvalue weighted by Gasteiger charge is 2.32. The Balaban J connectivity index is 2.05. The number of nitrogen functional groups attached to an aromatic ring is 1. The number of carboxylic acid groups (broad SMARTS) is 1. The molecule has 1 aliphatic heterocycles. The fourth-order valence-electron chi connectivity index (χ4n) is 4.55. The second-order valence-corrected chi connectivity index (χ2v) is 13.6. The van der Waals surface area contributed by atoms with E-state index in [-0.39, 0.29) is 27.6 Å². The lowest BCUT2D eigenvalue weighted by molar-refractivity contribution is -0.119. The molecule has 0 bridgehead atoms. The molecule has 2 aliphatic rings. The smallest absolute Gasteiger partial charge is 0.469 e. The van der Waals surface area contributed by atoms with Gasteiger partial charge in [0.1, 0.15) is 6.04 Å². The van der Waals surface area contributed by atoms with E-state index in [0.29, 0.717) is 0 Å². The predicted molar refractivity (Wildman–Crippen MR) is 155 cm³/mol. The van der Waals surface area contributed by atoms with Gasteiger partial charge in [-0.1, -0.05) is 6.07 Å². The summed E-state index contributed by atoms with van der Waals surface area (Å²) in [6.07, 6.45) is 0. The van der Waals surface area contributed by atoms with Crippen LogP contribution in [0.4, 0.5) is 5.69 Å². The summed E-state index contributed by atoms with van der Waals surface area (Å²) in [4.78, 5) is 53.1. The van der Waals surface area contributed by atoms with E-state index in [1.165, 1.54) is 6.07 Å². The van der Waals surface area contributed by atoms with E-state index < -0.39 is 96.1 Å². The van der Waals surface area contributed by atoms with Crippen molar-refractivity contribution in [1.29, 1.82) is 5.41 Å². The summed E-state index contributed by atoms with van der Waals surface area (Å²) in [5.74, 6) is -4.31. The van der Waals surface area contributed by atoms with Gasteiger partial charge in [-0.15, -0.1) is 0 Å². The molecule has 46 heavy (non-hydrogen) atoms. The highest BCUT2D eigenvalue weighted by atomic mass is 32.2. The first-order valence-electron chi connectivity index (χ1n) is 12.3. The molecule has 9 N–H and O–H groups in total. The van der Waals surface area contributed by atoms with Gasteiger partial charge < -0.3 is 30.4 Å². The minimum Gasteiger partial charge on any atom is -0.478 e. The number of amides is 1. The molecular formula is C25H22N3O15PS2. The van der Waals surface area contributed by atoms with Gasteiger partial charge in [0.05, 0.1) is 23.2 Å². The van der Waals surface area contributed by atoms with Gasteiger partial charge >= 0.3 is 13.8 Å². The Morgan fingerprint density at radius 1 is 1.00 bits per heavy atom. The lowest BCUT2D eigenvalue weighted by Gasteiger charge is -2.20. The summed E-state index contributed by atoms with van der Waals surface area (Å²) in [5, 5.41) is 19.3. The Labute approximate surface area is 258 Å². The number of carbonyl (C=O) groups excluding carboxylic acids is 2. The third-order valence-corrected chi connectivity index (χ3v) is 8.84. The van der Waals surface area contributed by atoms with Crippen molar-refractivity contribution in [3.8, 4) is 22.5 Å². The highest BCUT2D eigenvalue weighted by Crippen LogP contribution is 2.45. The molecule has 244 valence electrons. The van der Waals surface area contributed by atoms with Gasteiger partial charge in [0.15, 0.2) is 26.9 Å². The van der Waals surface area contributed by atoms with E-state index in [4.69, 9.17) is 25.3 Å². The number of carboxylic acids is 1. The topological polar surface area (TPSA) is 322 Å². The summed E-state index contributed by atoms with van der Waals surface area (Å²) in [5.41, 5.74) is 2.63. The van der Waals surface area contributed by atoms with Crippen LogP contribution in [0, 0.1) is 5.41 Å². The molecule has 0 saturated heterocycles. The minimum atomic E-state index is -5.24. The van der Waals surface area contributed by atoms with Gasteiger partial charge in [0, 0.05) is 22.1 Å². The van der Waals surface area contributed by atoms with Crippen LogP contribution in [0.15, 0.2) is 56.7 Å². The van der Waals surface area contributed by atoms with Crippen molar-refractivity contribution in [2.75, 3.05) is 12.3 Å². The normalized spacial score (nSPS) is 13.1. The van der Waals surface area contributed by atoms with Crippen LogP contribution in [0.25, 0.3) is 33.4 Å². The molecular weight excluding hydrogens is 677 g/mol. The van der Waals surface area contributed by atoms with Crippen molar-refractivity contribution in [1.82, 2.24) is 5.32 Å². The number of phosphoric ester groups is 1. The molecule has 1 unspecified atom stereocenters. The lowest BCUT2D eigenvalue weighted by atomic mass is 9.89. The van der Waals surface area contributed by atoms with Crippen molar-refractivity contribution in [2.45, 2.75) is 22.8 Å². The molecule has 0 saturated carbocycles. The van der Waals surface area contributed by atoms with E-state index in [0.717, 1.165) is 43.3 Å². The number of nitrogens with one attached hydrogen (secondary N) is 2. The quantitative estimate of drug-likeness (QED) is 0.0500. The average Bonchev–Trinajstić information content (AvgIpc) is 2.91. The standard InChI is InChI=1S/C25H22N3O15PS2/c1-10(29)18(9-42-44(33,34)35)28-24(30)11-2-3-12(15(8-11)25(31)32)19-13-4-6-16(26)22(45(36,37)38)20(13)43-21-14(19)5-7-17(27)23(21)46(39,40)41/h2-8,18,26H,9,27H2,1H3,(H,28,30)(H,31,32)(H2,33,34,35)(H,36,37,38)(H,39,40,41). The summed E-state index contributed by atoms with van der Waals surface area (Å²) in [7, 11) is -15.5. The third-order valence-electron chi connectivity index (χ3n) is 6.50. The first kappa shape index (κ1) is 34.3. The molecule has 1 amide bonds. The van der Waals surface area contributed by atoms with Gasteiger partial charge in [-0.25, -0.2) is 9.36 Å². The Hall–Kier alpha value is -4.53. The van der Waals surface area contributed by atoms with Crippen LogP contribution >= 0.6 is 7.82 Å². The zero-order chi connectivity index (χ0) is 34.5. The monoisotopic (exact) mass is 699 g/mol. The Bertz CT molecular complexity index is 2260. The van der Waals surface area contributed by atoms with Crippen molar-refractivity contribution in [2.24, 2.45) is 0 Å². The molecule has 0 aromatic heterocycles. The van der Waals surface area contributed by atoms with Crippen molar-refractivity contribution >= 4 is 62.4 Å². The van der Waals surface area contributed by atoms with Crippen LogP contribution in [0.3, 0.4) is 0 Å². The summed E-state index contributed by atoms with van der Waals surface area (Å²) in [6.45, 7) is 0.0706. The number of hydrogen-bond acceptors (Lipinski definition) is 12. The van der Waals surface area contributed by atoms with Gasteiger partial charge in [0.25, 0.3) is 26.1 Å². The molecule has 0 radical (unpaired) electrons. The third kappa shape index (κ3) is 6.83. The Kier molecular flexibility index (Phi) is 8.96. The van der Waals surface area contributed by atoms with Crippen molar-refractivity contribution < 1.29 is 68.7 Å². The maximum absolute atomic E-state index is 13.0. The summed E-state index contributed by atoms with van der Waals surface area (Å²) >= 11 is 0. The highest BCUT2D eigenvalue weighted by molar-refractivity contribution is 7.86. The number of hydrogen-bond donors (Lipinski definition) is 8. The number of fused-ring (bicyclic) bond motifs is 2. The molecule has 18 nitrogen and oxygen atoms in total. The summed E-state index contributed by atoms with van der Waals surface area (Å²) < 4.78 is 90.0. The van der Waals surface area contributed by atoms with E-state index in [1.54, 1.807) is 0 Å². The number of Topliss-reactive ketones (excluding diaryl/α,β-unsaturated/α-hetero) is 1. The maximum atomic E-state index is 13.0. The fraction of sp³-hybridized carbons (Fsp3) is 0.120. The minimum absolute atomic E-state index is 0.237. The van der Waals surface area contributed by atoms with Gasteiger partial charge in [-0.3, -0.25) is 28.6 Å². The van der Waals surface area contributed by atoms with E-state index in [2.05, 4.69) is 9.84 Å². The number of aromatic carboxylic acids is 1. The number of ketones is 1. The molecule has 4 rings (SSSR count). The van der Waals surface area contributed by atoms with Gasteiger partial charge in [0.2, 0.25) is 0 Å². The van der Waals surface area contributed by atoms with Crippen molar-refractivity contribution in [3.05, 3.63) is 58.9 Å². The van der Waals surface area contributed by atoms with Crippen LogP contribution < -0.4 is 16.4 Å².